The van der Waals surface area contributed by atoms with Crippen molar-refractivity contribution in [3.8, 4) is 0 Å². The quantitative estimate of drug-likeness (QED) is 0.591. The SMILES string of the molecule is OC(c1ccccc1)(c1ccccc1)c1nccn1Cc1ccccc1. The van der Waals surface area contributed by atoms with Crippen LogP contribution in [-0.2, 0) is 12.1 Å². The van der Waals surface area contributed by atoms with E-state index in [9.17, 15) is 5.11 Å². The zero-order valence-electron chi connectivity index (χ0n) is 14.4. The van der Waals surface area contributed by atoms with Gasteiger partial charge in [0.25, 0.3) is 0 Å². The van der Waals surface area contributed by atoms with Crippen LogP contribution in [0.3, 0.4) is 0 Å². The number of imidazole rings is 1. The van der Waals surface area contributed by atoms with Gasteiger partial charge < -0.3 is 9.67 Å². The number of benzene rings is 3. The summed E-state index contributed by atoms with van der Waals surface area (Å²) >= 11 is 0. The van der Waals surface area contributed by atoms with Gasteiger partial charge in [-0.3, -0.25) is 0 Å². The third-order valence-electron chi connectivity index (χ3n) is 4.62. The molecule has 0 unspecified atom stereocenters. The summed E-state index contributed by atoms with van der Waals surface area (Å²) < 4.78 is 2.01. The molecule has 3 aromatic carbocycles. The highest BCUT2D eigenvalue weighted by atomic mass is 16.3. The van der Waals surface area contributed by atoms with E-state index in [2.05, 4.69) is 17.1 Å². The van der Waals surface area contributed by atoms with Gasteiger partial charge in [0.15, 0.2) is 11.4 Å². The van der Waals surface area contributed by atoms with E-state index in [1.54, 1.807) is 6.20 Å². The molecule has 0 radical (unpaired) electrons. The molecule has 3 nitrogen and oxygen atoms in total. The van der Waals surface area contributed by atoms with Crippen LogP contribution < -0.4 is 0 Å². The average Bonchev–Trinajstić information content (AvgIpc) is 3.18. The largest absolute Gasteiger partial charge is 0.373 e. The fourth-order valence-electron chi connectivity index (χ4n) is 3.32. The van der Waals surface area contributed by atoms with Crippen LogP contribution in [0, 0.1) is 0 Å². The molecule has 0 saturated heterocycles. The first kappa shape index (κ1) is 16.3. The number of hydrogen-bond acceptors (Lipinski definition) is 2. The van der Waals surface area contributed by atoms with Crippen molar-refractivity contribution in [2.75, 3.05) is 0 Å². The second-order valence-corrected chi connectivity index (χ2v) is 6.31. The second kappa shape index (κ2) is 6.98. The van der Waals surface area contributed by atoms with Crippen LogP contribution >= 0.6 is 0 Å². The Morgan fingerprint density at radius 3 is 1.77 bits per heavy atom. The summed E-state index contributed by atoms with van der Waals surface area (Å²) in [5.74, 6) is 0.610. The molecule has 26 heavy (non-hydrogen) atoms. The third-order valence-corrected chi connectivity index (χ3v) is 4.62. The predicted molar refractivity (Wildman–Crippen MR) is 103 cm³/mol. The first-order chi connectivity index (χ1) is 12.8. The lowest BCUT2D eigenvalue weighted by atomic mass is 9.85. The molecular formula is C23H20N2O. The minimum absolute atomic E-state index is 0.610. The zero-order valence-corrected chi connectivity index (χ0v) is 14.4. The van der Waals surface area contributed by atoms with Crippen molar-refractivity contribution in [1.82, 2.24) is 9.55 Å². The number of aromatic nitrogens is 2. The fraction of sp³-hybridized carbons (Fsp3) is 0.0870. The molecule has 3 heteroatoms. The monoisotopic (exact) mass is 340 g/mol. The minimum atomic E-state index is -1.32. The van der Waals surface area contributed by atoms with Gasteiger partial charge in [-0.15, -0.1) is 0 Å². The Morgan fingerprint density at radius 1 is 0.731 bits per heavy atom. The summed E-state index contributed by atoms with van der Waals surface area (Å²) in [5, 5.41) is 11.9. The number of rotatable bonds is 5. The second-order valence-electron chi connectivity index (χ2n) is 6.31. The Labute approximate surface area is 153 Å². The molecule has 0 spiro atoms. The van der Waals surface area contributed by atoms with E-state index in [0.717, 1.165) is 16.7 Å². The number of nitrogens with zero attached hydrogens (tertiary/aromatic N) is 2. The van der Waals surface area contributed by atoms with Crippen molar-refractivity contribution >= 4 is 0 Å². The van der Waals surface area contributed by atoms with Crippen LogP contribution in [0.2, 0.25) is 0 Å². The minimum Gasteiger partial charge on any atom is -0.373 e. The molecule has 128 valence electrons. The smallest absolute Gasteiger partial charge is 0.173 e. The lowest BCUT2D eigenvalue weighted by molar-refractivity contribution is 0.111. The maximum absolute atomic E-state index is 11.9. The van der Waals surface area contributed by atoms with E-state index in [1.807, 2.05) is 89.6 Å². The first-order valence-corrected chi connectivity index (χ1v) is 8.67. The van der Waals surface area contributed by atoms with Gasteiger partial charge in [-0.1, -0.05) is 91.0 Å². The van der Waals surface area contributed by atoms with Crippen LogP contribution in [0.1, 0.15) is 22.5 Å². The highest BCUT2D eigenvalue weighted by molar-refractivity contribution is 5.42. The van der Waals surface area contributed by atoms with Gasteiger partial charge in [0.05, 0.1) is 0 Å². The Kier molecular flexibility index (Phi) is 4.38. The molecule has 0 aliphatic heterocycles. The molecule has 0 saturated carbocycles. The standard InChI is InChI=1S/C23H20N2O/c26-23(20-12-6-2-7-13-20,21-14-8-3-9-15-21)22-24-16-17-25(22)18-19-10-4-1-5-11-19/h1-17,26H,18H2. The Balaban J connectivity index is 1.85. The molecule has 1 heterocycles. The van der Waals surface area contributed by atoms with Crippen molar-refractivity contribution in [3.05, 3.63) is 126 Å². The topological polar surface area (TPSA) is 38.1 Å². The molecule has 4 aromatic rings. The maximum atomic E-state index is 11.9. The molecule has 0 aliphatic rings. The fourth-order valence-corrected chi connectivity index (χ4v) is 3.32. The van der Waals surface area contributed by atoms with E-state index < -0.39 is 5.60 Å². The summed E-state index contributed by atoms with van der Waals surface area (Å²) in [6.45, 7) is 0.651. The normalized spacial score (nSPS) is 11.4. The molecule has 0 amide bonds. The van der Waals surface area contributed by atoms with Crippen LogP contribution in [0.4, 0.5) is 0 Å². The van der Waals surface area contributed by atoms with E-state index in [-0.39, 0.29) is 0 Å². The van der Waals surface area contributed by atoms with Gasteiger partial charge in [-0.2, -0.15) is 0 Å². The van der Waals surface area contributed by atoms with Crippen molar-refractivity contribution in [3.63, 3.8) is 0 Å². The highest BCUT2D eigenvalue weighted by Crippen LogP contribution is 2.35. The maximum Gasteiger partial charge on any atom is 0.173 e. The van der Waals surface area contributed by atoms with Crippen LogP contribution in [0.5, 0.6) is 0 Å². The summed E-state index contributed by atoms with van der Waals surface area (Å²) in [7, 11) is 0. The van der Waals surface area contributed by atoms with Crippen molar-refractivity contribution in [1.29, 1.82) is 0 Å². The van der Waals surface area contributed by atoms with Gasteiger partial charge >= 0.3 is 0 Å². The van der Waals surface area contributed by atoms with Gasteiger partial charge in [0, 0.05) is 18.9 Å². The molecule has 1 aromatic heterocycles. The van der Waals surface area contributed by atoms with Gasteiger partial charge in [0.1, 0.15) is 0 Å². The zero-order chi connectivity index (χ0) is 17.8. The van der Waals surface area contributed by atoms with Crippen molar-refractivity contribution in [2.24, 2.45) is 0 Å². The molecule has 0 aliphatic carbocycles. The van der Waals surface area contributed by atoms with E-state index >= 15 is 0 Å². The molecule has 0 bridgehead atoms. The Hall–Kier alpha value is -3.17. The number of aliphatic hydroxyl groups is 1. The molecule has 4 rings (SSSR count). The summed E-state index contributed by atoms with van der Waals surface area (Å²) in [5.41, 5.74) is 1.44. The molecular weight excluding hydrogens is 320 g/mol. The van der Waals surface area contributed by atoms with Crippen LogP contribution in [0.15, 0.2) is 103 Å². The lowest BCUT2D eigenvalue weighted by Gasteiger charge is -2.29. The Bertz CT molecular complexity index is 923. The predicted octanol–water partition coefficient (Wildman–Crippen LogP) is 4.22. The number of hydrogen-bond donors (Lipinski definition) is 1. The van der Waals surface area contributed by atoms with Crippen LogP contribution in [-0.4, -0.2) is 14.7 Å². The lowest BCUT2D eigenvalue weighted by Crippen LogP contribution is -2.32. The Morgan fingerprint density at radius 2 is 1.23 bits per heavy atom. The van der Waals surface area contributed by atoms with Crippen LogP contribution in [0.25, 0.3) is 0 Å². The highest BCUT2D eigenvalue weighted by Gasteiger charge is 2.37. The third kappa shape index (κ3) is 2.93. The van der Waals surface area contributed by atoms with E-state index in [4.69, 9.17) is 0 Å². The summed E-state index contributed by atoms with van der Waals surface area (Å²) in [6.07, 6.45) is 3.66. The first-order valence-electron chi connectivity index (χ1n) is 8.67. The average molecular weight is 340 g/mol. The van der Waals surface area contributed by atoms with E-state index in [1.165, 1.54) is 0 Å². The van der Waals surface area contributed by atoms with Crippen molar-refractivity contribution < 1.29 is 5.11 Å². The summed E-state index contributed by atoms with van der Waals surface area (Å²) in [6, 6.07) is 29.6. The van der Waals surface area contributed by atoms with Gasteiger partial charge in [0.2, 0.25) is 0 Å². The van der Waals surface area contributed by atoms with Gasteiger partial charge in [-0.25, -0.2) is 4.98 Å². The molecule has 0 fully saturated rings. The molecule has 0 atom stereocenters. The molecule has 1 N–H and O–H groups in total. The summed E-state index contributed by atoms with van der Waals surface area (Å²) in [4.78, 5) is 4.55. The van der Waals surface area contributed by atoms with Gasteiger partial charge in [-0.05, 0) is 16.7 Å². The van der Waals surface area contributed by atoms with Crippen molar-refractivity contribution in [2.45, 2.75) is 12.1 Å². The van der Waals surface area contributed by atoms with E-state index in [0.29, 0.717) is 12.4 Å².